The van der Waals surface area contributed by atoms with Crippen LogP contribution in [-0.4, -0.2) is 20.6 Å². The van der Waals surface area contributed by atoms with E-state index in [2.05, 4.69) is 17.0 Å². The number of hydrogen-bond acceptors (Lipinski definition) is 2. The Morgan fingerprint density at radius 1 is 1.70 bits per heavy atom. The number of rotatable bonds is 3. The molecule has 1 rings (SSSR count). The topological polar surface area (TPSA) is 30.7 Å². The summed E-state index contributed by atoms with van der Waals surface area (Å²) in [7, 11) is 0. The first kappa shape index (κ1) is 7.54. The highest BCUT2D eigenvalue weighted by atomic mass is 35.5. The van der Waals surface area contributed by atoms with E-state index in [1.807, 2.05) is 0 Å². The average molecular weight is 160 g/mol. The molecule has 0 saturated heterocycles. The van der Waals surface area contributed by atoms with Gasteiger partial charge in [0.25, 0.3) is 0 Å². The van der Waals surface area contributed by atoms with Crippen LogP contribution in [0.25, 0.3) is 0 Å². The molecule has 0 spiro atoms. The molecule has 0 fully saturated rings. The van der Waals surface area contributed by atoms with Crippen molar-refractivity contribution in [1.29, 1.82) is 0 Å². The lowest BCUT2D eigenvalue weighted by Gasteiger charge is -2.04. The van der Waals surface area contributed by atoms with Crippen molar-refractivity contribution in [2.24, 2.45) is 5.92 Å². The third-order valence-corrected chi connectivity index (χ3v) is 1.76. The molecule has 0 aliphatic rings. The molecule has 1 aromatic rings. The molecule has 0 radical (unpaired) electrons. The van der Waals surface area contributed by atoms with E-state index in [9.17, 15) is 0 Å². The standard InChI is InChI=1S/C6H10ClN3/c1-6(2-7)3-10-5-8-4-9-10/h4-6H,2-3H2,1H3. The lowest BCUT2D eigenvalue weighted by Crippen LogP contribution is -2.08. The van der Waals surface area contributed by atoms with Crippen LogP contribution in [0.4, 0.5) is 0 Å². The van der Waals surface area contributed by atoms with Gasteiger partial charge in [-0.2, -0.15) is 5.10 Å². The molecule has 3 nitrogen and oxygen atoms in total. The predicted molar refractivity (Wildman–Crippen MR) is 39.9 cm³/mol. The number of halogens is 1. The number of aromatic nitrogens is 3. The van der Waals surface area contributed by atoms with Gasteiger partial charge in [-0.3, -0.25) is 4.68 Å². The maximum atomic E-state index is 5.61. The maximum Gasteiger partial charge on any atom is 0.137 e. The van der Waals surface area contributed by atoms with Gasteiger partial charge in [0.1, 0.15) is 12.7 Å². The highest BCUT2D eigenvalue weighted by Gasteiger charge is 1.99. The molecule has 0 bridgehead atoms. The van der Waals surface area contributed by atoms with E-state index in [1.54, 1.807) is 11.0 Å². The molecule has 0 N–H and O–H groups in total. The van der Waals surface area contributed by atoms with Gasteiger partial charge >= 0.3 is 0 Å². The Morgan fingerprint density at radius 3 is 3.00 bits per heavy atom. The highest BCUT2D eigenvalue weighted by molar-refractivity contribution is 6.18. The molecule has 10 heavy (non-hydrogen) atoms. The van der Waals surface area contributed by atoms with E-state index in [4.69, 9.17) is 11.6 Å². The minimum Gasteiger partial charge on any atom is -0.253 e. The fourth-order valence-electron chi connectivity index (χ4n) is 0.695. The number of nitrogens with zero attached hydrogens (tertiary/aromatic N) is 3. The quantitative estimate of drug-likeness (QED) is 0.620. The first-order chi connectivity index (χ1) is 4.83. The van der Waals surface area contributed by atoms with Crippen LogP contribution in [-0.2, 0) is 6.54 Å². The van der Waals surface area contributed by atoms with Gasteiger partial charge in [-0.1, -0.05) is 6.92 Å². The average Bonchev–Trinajstić information content (AvgIpc) is 2.40. The zero-order chi connectivity index (χ0) is 7.40. The second kappa shape index (κ2) is 3.56. The lowest BCUT2D eigenvalue weighted by molar-refractivity contribution is 0.486. The van der Waals surface area contributed by atoms with Gasteiger partial charge in [-0.05, 0) is 5.92 Å². The largest absolute Gasteiger partial charge is 0.253 e. The maximum absolute atomic E-state index is 5.61. The number of hydrogen-bond donors (Lipinski definition) is 0. The van der Waals surface area contributed by atoms with Crippen molar-refractivity contribution in [3.63, 3.8) is 0 Å². The van der Waals surface area contributed by atoms with Crippen molar-refractivity contribution in [3.05, 3.63) is 12.7 Å². The Bertz CT molecular complexity index is 173. The zero-order valence-electron chi connectivity index (χ0n) is 5.87. The SMILES string of the molecule is CC(CCl)Cn1cncn1. The van der Waals surface area contributed by atoms with Gasteiger partial charge in [0.2, 0.25) is 0 Å². The predicted octanol–water partition coefficient (Wildman–Crippen LogP) is 1.15. The third-order valence-electron chi connectivity index (χ3n) is 1.23. The fourth-order valence-corrected chi connectivity index (χ4v) is 0.793. The summed E-state index contributed by atoms with van der Waals surface area (Å²) in [4.78, 5) is 3.82. The molecular weight excluding hydrogens is 150 g/mol. The number of alkyl halides is 1. The monoisotopic (exact) mass is 159 g/mol. The van der Waals surface area contributed by atoms with E-state index in [0.29, 0.717) is 11.8 Å². The highest BCUT2D eigenvalue weighted by Crippen LogP contribution is 1.99. The second-order valence-corrected chi connectivity index (χ2v) is 2.69. The van der Waals surface area contributed by atoms with Crippen molar-refractivity contribution in [2.45, 2.75) is 13.5 Å². The lowest BCUT2D eigenvalue weighted by atomic mass is 10.2. The summed E-state index contributed by atoms with van der Waals surface area (Å²) in [5.74, 6) is 1.13. The van der Waals surface area contributed by atoms with Crippen molar-refractivity contribution >= 4 is 11.6 Å². The Hall–Kier alpha value is -0.570. The van der Waals surface area contributed by atoms with Crippen LogP contribution in [0.1, 0.15) is 6.92 Å². The van der Waals surface area contributed by atoms with Crippen molar-refractivity contribution < 1.29 is 0 Å². The van der Waals surface area contributed by atoms with Crippen LogP contribution >= 0.6 is 11.6 Å². The van der Waals surface area contributed by atoms with Crippen LogP contribution < -0.4 is 0 Å². The third kappa shape index (κ3) is 1.99. The van der Waals surface area contributed by atoms with Crippen LogP contribution in [0.3, 0.4) is 0 Å². The van der Waals surface area contributed by atoms with Gasteiger partial charge < -0.3 is 0 Å². The summed E-state index contributed by atoms with van der Waals surface area (Å²) in [6.07, 6.45) is 3.23. The Balaban J connectivity index is 2.40. The van der Waals surface area contributed by atoms with E-state index >= 15 is 0 Å². The summed E-state index contributed by atoms with van der Waals surface area (Å²) in [5, 5.41) is 3.95. The van der Waals surface area contributed by atoms with E-state index < -0.39 is 0 Å². The molecule has 0 aliphatic heterocycles. The van der Waals surface area contributed by atoms with Crippen molar-refractivity contribution in [3.8, 4) is 0 Å². The van der Waals surface area contributed by atoms with E-state index in [0.717, 1.165) is 6.54 Å². The molecule has 4 heteroatoms. The van der Waals surface area contributed by atoms with E-state index in [-0.39, 0.29) is 0 Å². The van der Waals surface area contributed by atoms with Crippen molar-refractivity contribution in [2.75, 3.05) is 5.88 Å². The molecule has 1 heterocycles. The van der Waals surface area contributed by atoms with E-state index in [1.165, 1.54) is 6.33 Å². The molecule has 1 atom stereocenters. The minimum absolute atomic E-state index is 0.461. The molecule has 0 aliphatic carbocycles. The van der Waals surface area contributed by atoms with Gasteiger partial charge in [-0.15, -0.1) is 11.6 Å². The van der Waals surface area contributed by atoms with Gasteiger partial charge in [0.05, 0.1) is 0 Å². The summed E-state index contributed by atoms with van der Waals surface area (Å²) in [6, 6.07) is 0. The molecule has 56 valence electrons. The molecule has 1 unspecified atom stereocenters. The van der Waals surface area contributed by atoms with Crippen LogP contribution in [0, 0.1) is 5.92 Å². The Labute approximate surface area is 65.0 Å². The first-order valence-corrected chi connectivity index (χ1v) is 3.74. The second-order valence-electron chi connectivity index (χ2n) is 2.38. The fraction of sp³-hybridized carbons (Fsp3) is 0.667. The first-order valence-electron chi connectivity index (χ1n) is 3.21. The van der Waals surface area contributed by atoms with Crippen LogP contribution in [0.5, 0.6) is 0 Å². The molecule has 0 saturated carbocycles. The van der Waals surface area contributed by atoms with Crippen LogP contribution in [0.15, 0.2) is 12.7 Å². The summed E-state index contributed by atoms with van der Waals surface area (Å²) >= 11 is 5.61. The Morgan fingerprint density at radius 2 is 2.50 bits per heavy atom. The minimum atomic E-state index is 0.461. The normalized spacial score (nSPS) is 13.4. The Kier molecular flexibility index (Phi) is 2.68. The van der Waals surface area contributed by atoms with Gasteiger partial charge in [0, 0.05) is 12.4 Å². The zero-order valence-corrected chi connectivity index (χ0v) is 6.62. The van der Waals surface area contributed by atoms with Crippen molar-refractivity contribution in [1.82, 2.24) is 14.8 Å². The van der Waals surface area contributed by atoms with Gasteiger partial charge in [-0.25, -0.2) is 4.98 Å². The summed E-state index contributed by atoms with van der Waals surface area (Å²) in [6.45, 7) is 2.93. The molecule has 0 amide bonds. The van der Waals surface area contributed by atoms with Crippen LogP contribution in [0.2, 0.25) is 0 Å². The van der Waals surface area contributed by atoms with Gasteiger partial charge in [0.15, 0.2) is 0 Å². The smallest absolute Gasteiger partial charge is 0.137 e. The summed E-state index contributed by atoms with van der Waals surface area (Å²) in [5.41, 5.74) is 0. The molecule has 1 aromatic heterocycles. The molecular formula is C6H10ClN3. The molecule has 0 aromatic carbocycles. The summed E-state index contributed by atoms with van der Waals surface area (Å²) < 4.78 is 1.78.